The number of carbonyl (C=O) groups is 1. The zero-order chi connectivity index (χ0) is 22.0. The first-order chi connectivity index (χ1) is 15.0. The van der Waals surface area contributed by atoms with E-state index in [0.29, 0.717) is 60.6 Å². The molecule has 1 amide bonds. The lowest BCUT2D eigenvalue weighted by Gasteiger charge is -2.34. The zero-order valence-corrected chi connectivity index (χ0v) is 17.4. The average Bonchev–Trinajstić information content (AvgIpc) is 3.23. The molecule has 1 saturated heterocycles. The number of tetrazole rings is 1. The van der Waals surface area contributed by atoms with E-state index in [4.69, 9.17) is 16.3 Å². The number of nitrogens with zero attached hydrogens (tertiary/aromatic N) is 6. The highest BCUT2D eigenvalue weighted by molar-refractivity contribution is 6.31. The standard InChI is InChI=1S/C20H19ClF2N6O2/c1-31-18-5-2-13(21)10-15(18)20(30)28-8-6-27(7-9-28)12-19-24-25-26-29(19)14-3-4-16(22)17(23)11-14/h2-5,10-11H,6-9,12H2,1H3. The van der Waals surface area contributed by atoms with Crippen molar-refractivity contribution in [1.29, 1.82) is 0 Å². The van der Waals surface area contributed by atoms with Gasteiger partial charge in [0.2, 0.25) is 0 Å². The van der Waals surface area contributed by atoms with Gasteiger partial charge in [-0.05, 0) is 40.8 Å². The van der Waals surface area contributed by atoms with Crippen molar-refractivity contribution in [2.45, 2.75) is 6.54 Å². The Morgan fingerprint density at radius 3 is 2.58 bits per heavy atom. The maximum atomic E-state index is 13.6. The van der Waals surface area contributed by atoms with Crippen LogP contribution in [-0.4, -0.2) is 69.2 Å². The van der Waals surface area contributed by atoms with E-state index in [1.54, 1.807) is 23.1 Å². The second-order valence-electron chi connectivity index (χ2n) is 7.02. The third-order valence-electron chi connectivity index (χ3n) is 5.10. The molecule has 0 N–H and O–H groups in total. The number of hydrogen-bond acceptors (Lipinski definition) is 6. The molecule has 8 nitrogen and oxygen atoms in total. The lowest BCUT2D eigenvalue weighted by Crippen LogP contribution is -2.48. The van der Waals surface area contributed by atoms with E-state index < -0.39 is 11.6 Å². The molecule has 0 atom stereocenters. The normalized spacial score (nSPS) is 14.6. The highest BCUT2D eigenvalue weighted by atomic mass is 35.5. The van der Waals surface area contributed by atoms with E-state index in [1.807, 2.05) is 0 Å². The van der Waals surface area contributed by atoms with Gasteiger partial charge in [0, 0.05) is 37.3 Å². The third kappa shape index (κ3) is 4.49. The molecular formula is C20H19ClF2N6O2. The van der Waals surface area contributed by atoms with Gasteiger partial charge in [0.15, 0.2) is 17.5 Å². The molecule has 1 aliphatic heterocycles. The predicted octanol–water partition coefficient (Wildman–Crippen LogP) is 2.56. The topological polar surface area (TPSA) is 76.4 Å². The van der Waals surface area contributed by atoms with Crippen LogP contribution in [0.4, 0.5) is 8.78 Å². The van der Waals surface area contributed by atoms with Crippen LogP contribution in [-0.2, 0) is 6.54 Å². The van der Waals surface area contributed by atoms with Crippen molar-refractivity contribution in [2.24, 2.45) is 0 Å². The molecule has 0 spiro atoms. The molecular weight excluding hydrogens is 430 g/mol. The Bertz CT molecular complexity index is 1100. The fourth-order valence-electron chi connectivity index (χ4n) is 3.45. The molecule has 2 heterocycles. The van der Waals surface area contributed by atoms with Gasteiger partial charge in [-0.25, -0.2) is 8.78 Å². The number of halogens is 3. The molecule has 2 aromatic carbocycles. The Hall–Kier alpha value is -3.11. The molecule has 0 radical (unpaired) electrons. The summed E-state index contributed by atoms with van der Waals surface area (Å²) >= 11 is 6.04. The fraction of sp³-hybridized carbons (Fsp3) is 0.300. The average molecular weight is 449 g/mol. The highest BCUT2D eigenvalue weighted by Gasteiger charge is 2.25. The number of piperazine rings is 1. The van der Waals surface area contributed by atoms with Gasteiger partial charge >= 0.3 is 0 Å². The Morgan fingerprint density at radius 1 is 1.10 bits per heavy atom. The SMILES string of the molecule is COc1ccc(Cl)cc1C(=O)N1CCN(Cc2nnnn2-c2ccc(F)c(F)c2)CC1. The quantitative estimate of drug-likeness (QED) is 0.597. The first kappa shape index (κ1) is 21.1. The van der Waals surface area contributed by atoms with Crippen LogP contribution in [0, 0.1) is 11.6 Å². The minimum atomic E-state index is -0.970. The summed E-state index contributed by atoms with van der Waals surface area (Å²) in [6.07, 6.45) is 0. The summed E-state index contributed by atoms with van der Waals surface area (Å²) in [6, 6.07) is 8.43. The van der Waals surface area contributed by atoms with Gasteiger partial charge in [-0.1, -0.05) is 11.6 Å². The number of rotatable bonds is 5. The van der Waals surface area contributed by atoms with Crippen LogP contribution in [0.5, 0.6) is 5.75 Å². The largest absolute Gasteiger partial charge is 0.496 e. The van der Waals surface area contributed by atoms with E-state index in [2.05, 4.69) is 20.4 Å². The van der Waals surface area contributed by atoms with Crippen molar-refractivity contribution < 1.29 is 18.3 Å². The Labute approximate surface area is 182 Å². The van der Waals surface area contributed by atoms with Crippen LogP contribution in [0.1, 0.15) is 16.2 Å². The van der Waals surface area contributed by atoms with Crippen molar-refractivity contribution in [3.63, 3.8) is 0 Å². The molecule has 4 rings (SSSR count). The molecule has 1 aliphatic rings. The van der Waals surface area contributed by atoms with Crippen molar-refractivity contribution in [2.75, 3.05) is 33.3 Å². The summed E-state index contributed by atoms with van der Waals surface area (Å²) in [5.74, 6) is -1.09. The molecule has 0 unspecified atom stereocenters. The maximum Gasteiger partial charge on any atom is 0.257 e. The molecule has 0 bridgehead atoms. The third-order valence-corrected chi connectivity index (χ3v) is 5.33. The smallest absolute Gasteiger partial charge is 0.257 e. The summed E-state index contributed by atoms with van der Waals surface area (Å²) in [4.78, 5) is 16.7. The van der Waals surface area contributed by atoms with Gasteiger partial charge in [-0.3, -0.25) is 9.69 Å². The van der Waals surface area contributed by atoms with Crippen LogP contribution >= 0.6 is 11.6 Å². The summed E-state index contributed by atoms with van der Waals surface area (Å²) in [5.41, 5.74) is 0.756. The highest BCUT2D eigenvalue weighted by Crippen LogP contribution is 2.24. The molecule has 3 aromatic rings. The van der Waals surface area contributed by atoms with Gasteiger partial charge < -0.3 is 9.64 Å². The molecule has 11 heteroatoms. The van der Waals surface area contributed by atoms with E-state index in [1.165, 1.54) is 17.9 Å². The van der Waals surface area contributed by atoms with Gasteiger partial charge in [-0.2, -0.15) is 4.68 Å². The molecule has 0 saturated carbocycles. The number of benzene rings is 2. The Morgan fingerprint density at radius 2 is 1.87 bits per heavy atom. The van der Waals surface area contributed by atoms with Gasteiger partial charge in [0.25, 0.3) is 5.91 Å². The summed E-state index contributed by atoms with van der Waals surface area (Å²) < 4.78 is 33.4. The molecule has 0 aliphatic carbocycles. The lowest BCUT2D eigenvalue weighted by atomic mass is 10.1. The van der Waals surface area contributed by atoms with Crippen molar-refractivity contribution in [3.8, 4) is 11.4 Å². The van der Waals surface area contributed by atoms with Crippen molar-refractivity contribution >= 4 is 17.5 Å². The maximum absolute atomic E-state index is 13.6. The molecule has 31 heavy (non-hydrogen) atoms. The van der Waals surface area contributed by atoms with E-state index >= 15 is 0 Å². The van der Waals surface area contributed by atoms with Gasteiger partial charge in [0.05, 0.1) is 24.9 Å². The Kier molecular flexibility index (Phi) is 6.10. The van der Waals surface area contributed by atoms with Gasteiger partial charge in [0.1, 0.15) is 5.75 Å². The van der Waals surface area contributed by atoms with Crippen LogP contribution in [0.15, 0.2) is 36.4 Å². The number of aromatic nitrogens is 4. The number of hydrogen-bond donors (Lipinski definition) is 0. The van der Waals surface area contributed by atoms with E-state index in [-0.39, 0.29) is 5.91 Å². The van der Waals surface area contributed by atoms with Crippen molar-refractivity contribution in [1.82, 2.24) is 30.0 Å². The second kappa shape index (κ2) is 8.94. The first-order valence-corrected chi connectivity index (χ1v) is 9.92. The summed E-state index contributed by atoms with van der Waals surface area (Å²) in [7, 11) is 1.51. The first-order valence-electron chi connectivity index (χ1n) is 9.54. The number of methoxy groups -OCH3 is 1. The minimum absolute atomic E-state index is 0.148. The zero-order valence-electron chi connectivity index (χ0n) is 16.6. The molecule has 162 valence electrons. The van der Waals surface area contributed by atoms with Crippen LogP contribution in [0.3, 0.4) is 0 Å². The number of ether oxygens (including phenoxy) is 1. The summed E-state index contributed by atoms with van der Waals surface area (Å²) in [5, 5.41) is 12.0. The van der Waals surface area contributed by atoms with Gasteiger partial charge in [-0.15, -0.1) is 5.10 Å². The lowest BCUT2D eigenvalue weighted by molar-refractivity contribution is 0.0621. The van der Waals surface area contributed by atoms with Crippen LogP contribution in [0.2, 0.25) is 5.02 Å². The second-order valence-corrected chi connectivity index (χ2v) is 7.45. The van der Waals surface area contributed by atoms with E-state index in [0.717, 1.165) is 12.1 Å². The Balaban J connectivity index is 1.42. The van der Waals surface area contributed by atoms with E-state index in [9.17, 15) is 13.6 Å². The monoisotopic (exact) mass is 448 g/mol. The summed E-state index contributed by atoms with van der Waals surface area (Å²) in [6.45, 7) is 2.59. The minimum Gasteiger partial charge on any atom is -0.496 e. The molecule has 1 fully saturated rings. The fourth-order valence-corrected chi connectivity index (χ4v) is 3.62. The number of amides is 1. The number of carbonyl (C=O) groups excluding carboxylic acids is 1. The van der Waals surface area contributed by atoms with Crippen molar-refractivity contribution in [3.05, 3.63) is 64.4 Å². The molecule has 1 aromatic heterocycles. The van der Waals surface area contributed by atoms with Crippen LogP contribution in [0.25, 0.3) is 5.69 Å². The van der Waals surface area contributed by atoms with Crippen LogP contribution < -0.4 is 4.74 Å². The predicted molar refractivity (Wildman–Crippen MR) is 108 cm³/mol.